The zero-order chi connectivity index (χ0) is 16.5. The second-order valence-corrected chi connectivity index (χ2v) is 5.71. The van der Waals surface area contributed by atoms with Gasteiger partial charge in [-0.1, -0.05) is 18.2 Å². The average Bonchev–Trinajstić information content (AvgIpc) is 3.06. The van der Waals surface area contributed by atoms with Crippen LogP contribution >= 0.6 is 0 Å². The number of para-hydroxylation sites is 2. The molecule has 2 aromatic carbocycles. The lowest BCUT2D eigenvalue weighted by atomic mass is 10.1. The van der Waals surface area contributed by atoms with Crippen molar-refractivity contribution in [2.75, 3.05) is 6.79 Å². The smallest absolute Gasteiger partial charge is 0.265 e. The third-order valence-electron chi connectivity index (χ3n) is 4.00. The Morgan fingerprint density at radius 1 is 1.04 bits per heavy atom. The van der Waals surface area contributed by atoms with Crippen molar-refractivity contribution in [1.82, 2.24) is 5.32 Å². The number of rotatable bonds is 3. The number of carbonyl (C=O) groups is 1. The Kier molecular flexibility index (Phi) is 3.65. The molecule has 24 heavy (non-hydrogen) atoms. The molecule has 4 rings (SSSR count). The maximum atomic E-state index is 12.5. The number of carbonyl (C=O) groups excluding carboxylic acids is 1. The number of fused-ring (bicyclic) bond motifs is 2. The monoisotopic (exact) mass is 327 g/mol. The van der Waals surface area contributed by atoms with Gasteiger partial charge in [0.15, 0.2) is 23.0 Å². The fourth-order valence-corrected chi connectivity index (χ4v) is 2.75. The van der Waals surface area contributed by atoms with E-state index in [2.05, 4.69) is 5.32 Å². The molecule has 1 N–H and O–H groups in total. The van der Waals surface area contributed by atoms with Crippen LogP contribution in [0.5, 0.6) is 23.0 Å². The Morgan fingerprint density at radius 3 is 2.62 bits per heavy atom. The van der Waals surface area contributed by atoms with Gasteiger partial charge in [-0.15, -0.1) is 0 Å². The Hall–Kier alpha value is -2.89. The predicted molar refractivity (Wildman–Crippen MR) is 85.4 cm³/mol. The summed E-state index contributed by atoms with van der Waals surface area (Å²) in [5, 5.41) is 2.88. The molecule has 0 radical (unpaired) electrons. The van der Waals surface area contributed by atoms with E-state index in [0.29, 0.717) is 23.8 Å². The standard InChI is InChI=1S/C18H17NO5/c1-11-17(24-15-5-3-2-4-14(15)23-11)18(20)19-9-12-6-7-13-16(8-12)22-10-21-13/h2-8,11,17H,9-10H2,1H3,(H,19,20)/t11-,17-/m0/s1. The summed E-state index contributed by atoms with van der Waals surface area (Å²) >= 11 is 0. The summed E-state index contributed by atoms with van der Waals surface area (Å²) in [6.07, 6.45) is -1.05. The quantitative estimate of drug-likeness (QED) is 0.937. The molecule has 0 saturated carbocycles. The highest BCUT2D eigenvalue weighted by Gasteiger charge is 2.33. The predicted octanol–water partition coefficient (Wildman–Crippen LogP) is 2.26. The van der Waals surface area contributed by atoms with E-state index in [9.17, 15) is 4.79 Å². The third kappa shape index (κ3) is 2.71. The highest BCUT2D eigenvalue weighted by Crippen LogP contribution is 2.34. The van der Waals surface area contributed by atoms with Gasteiger partial charge in [-0.2, -0.15) is 0 Å². The van der Waals surface area contributed by atoms with E-state index in [1.54, 1.807) is 6.07 Å². The van der Waals surface area contributed by atoms with Crippen molar-refractivity contribution >= 4 is 5.91 Å². The molecule has 1 amide bonds. The first kappa shape index (κ1) is 14.7. The van der Waals surface area contributed by atoms with E-state index >= 15 is 0 Å². The number of benzene rings is 2. The molecule has 0 aromatic heterocycles. The minimum Gasteiger partial charge on any atom is -0.482 e. The first-order valence-electron chi connectivity index (χ1n) is 7.79. The van der Waals surface area contributed by atoms with Crippen LogP contribution in [0.4, 0.5) is 0 Å². The van der Waals surface area contributed by atoms with Crippen LogP contribution in [0.1, 0.15) is 12.5 Å². The van der Waals surface area contributed by atoms with E-state index in [4.69, 9.17) is 18.9 Å². The van der Waals surface area contributed by atoms with Gasteiger partial charge in [0.25, 0.3) is 5.91 Å². The molecule has 0 saturated heterocycles. The van der Waals surface area contributed by atoms with Crippen molar-refractivity contribution < 1.29 is 23.7 Å². The Bertz CT molecular complexity index is 776. The van der Waals surface area contributed by atoms with Crippen molar-refractivity contribution in [1.29, 1.82) is 0 Å². The summed E-state index contributed by atoms with van der Waals surface area (Å²) in [7, 11) is 0. The van der Waals surface area contributed by atoms with Gasteiger partial charge >= 0.3 is 0 Å². The molecule has 0 unspecified atom stereocenters. The van der Waals surface area contributed by atoms with Crippen LogP contribution < -0.4 is 24.3 Å². The van der Waals surface area contributed by atoms with Gasteiger partial charge in [0.1, 0.15) is 6.10 Å². The number of amides is 1. The summed E-state index contributed by atoms with van der Waals surface area (Å²) in [5.74, 6) is 2.44. The van der Waals surface area contributed by atoms with Gasteiger partial charge in [-0.3, -0.25) is 4.79 Å². The van der Waals surface area contributed by atoms with Gasteiger partial charge in [-0.05, 0) is 36.8 Å². The fourth-order valence-electron chi connectivity index (χ4n) is 2.75. The lowest BCUT2D eigenvalue weighted by molar-refractivity contribution is -0.133. The van der Waals surface area contributed by atoms with E-state index in [0.717, 1.165) is 11.3 Å². The maximum absolute atomic E-state index is 12.5. The lowest BCUT2D eigenvalue weighted by Gasteiger charge is -2.31. The number of ether oxygens (including phenoxy) is 4. The van der Waals surface area contributed by atoms with Crippen molar-refractivity contribution in [3.8, 4) is 23.0 Å². The molecule has 124 valence electrons. The summed E-state index contributed by atoms with van der Waals surface area (Å²) in [6, 6.07) is 12.9. The molecule has 0 fully saturated rings. The number of hydrogen-bond acceptors (Lipinski definition) is 5. The molecule has 0 bridgehead atoms. The highest BCUT2D eigenvalue weighted by molar-refractivity contribution is 5.82. The summed E-state index contributed by atoms with van der Waals surface area (Å²) in [4.78, 5) is 12.5. The normalized spacial score (nSPS) is 20.5. The van der Waals surface area contributed by atoms with Gasteiger partial charge in [-0.25, -0.2) is 0 Å². The molecular formula is C18H17NO5. The molecule has 2 atom stereocenters. The first-order chi connectivity index (χ1) is 11.7. The second kappa shape index (κ2) is 5.96. The van der Waals surface area contributed by atoms with Crippen LogP contribution in [0.25, 0.3) is 0 Å². The van der Waals surface area contributed by atoms with Crippen LogP contribution in [-0.4, -0.2) is 24.9 Å². The van der Waals surface area contributed by atoms with Crippen molar-refractivity contribution in [3.05, 3.63) is 48.0 Å². The molecule has 0 aliphatic carbocycles. The topological polar surface area (TPSA) is 66.0 Å². The lowest BCUT2D eigenvalue weighted by Crippen LogP contribution is -2.48. The van der Waals surface area contributed by atoms with E-state index in [-0.39, 0.29) is 18.8 Å². The summed E-state index contributed by atoms with van der Waals surface area (Å²) in [5.41, 5.74) is 0.928. The van der Waals surface area contributed by atoms with E-state index in [1.165, 1.54) is 0 Å². The summed E-state index contributed by atoms with van der Waals surface area (Å²) in [6.45, 7) is 2.43. The molecule has 6 nitrogen and oxygen atoms in total. The SMILES string of the molecule is C[C@@H]1Oc2ccccc2O[C@@H]1C(=O)NCc1ccc2c(c1)OCO2. The minimum atomic E-state index is -0.686. The Balaban J connectivity index is 1.41. The second-order valence-electron chi connectivity index (χ2n) is 5.71. The van der Waals surface area contributed by atoms with Crippen molar-refractivity contribution in [3.63, 3.8) is 0 Å². The first-order valence-corrected chi connectivity index (χ1v) is 7.79. The van der Waals surface area contributed by atoms with Crippen molar-refractivity contribution in [2.45, 2.75) is 25.7 Å². The van der Waals surface area contributed by atoms with Gasteiger partial charge < -0.3 is 24.3 Å². The zero-order valence-corrected chi connectivity index (χ0v) is 13.2. The Labute approximate surface area is 139 Å². The Morgan fingerprint density at radius 2 is 1.79 bits per heavy atom. The van der Waals surface area contributed by atoms with Gasteiger partial charge in [0.05, 0.1) is 0 Å². The zero-order valence-electron chi connectivity index (χ0n) is 13.2. The van der Waals surface area contributed by atoms with Crippen molar-refractivity contribution in [2.24, 2.45) is 0 Å². The minimum absolute atomic E-state index is 0.213. The molecule has 2 heterocycles. The van der Waals surface area contributed by atoms with Crippen LogP contribution in [0, 0.1) is 0 Å². The number of nitrogens with one attached hydrogen (secondary N) is 1. The van der Waals surface area contributed by atoms with Crippen LogP contribution in [0.15, 0.2) is 42.5 Å². The van der Waals surface area contributed by atoms with Gasteiger partial charge in [0.2, 0.25) is 12.9 Å². The molecular weight excluding hydrogens is 310 g/mol. The number of hydrogen-bond donors (Lipinski definition) is 1. The summed E-state index contributed by atoms with van der Waals surface area (Å²) < 4.78 is 22.2. The van der Waals surface area contributed by atoms with Gasteiger partial charge in [0, 0.05) is 6.54 Å². The average molecular weight is 327 g/mol. The van der Waals surface area contributed by atoms with Crippen LogP contribution in [-0.2, 0) is 11.3 Å². The largest absolute Gasteiger partial charge is 0.482 e. The molecule has 2 aliphatic rings. The van der Waals surface area contributed by atoms with Crippen LogP contribution in [0.3, 0.4) is 0 Å². The molecule has 0 spiro atoms. The van der Waals surface area contributed by atoms with Crippen LogP contribution in [0.2, 0.25) is 0 Å². The fraction of sp³-hybridized carbons (Fsp3) is 0.278. The van der Waals surface area contributed by atoms with E-state index < -0.39 is 6.10 Å². The highest BCUT2D eigenvalue weighted by atomic mass is 16.7. The maximum Gasteiger partial charge on any atom is 0.265 e. The molecule has 6 heteroatoms. The van der Waals surface area contributed by atoms with E-state index in [1.807, 2.05) is 43.3 Å². The third-order valence-corrected chi connectivity index (χ3v) is 4.00. The molecule has 2 aliphatic heterocycles. The molecule has 2 aromatic rings.